The van der Waals surface area contributed by atoms with Crippen LogP contribution in [0.4, 0.5) is 0 Å². The Morgan fingerprint density at radius 1 is 0.867 bits per heavy atom. The van der Waals surface area contributed by atoms with Gasteiger partial charge in [-0.25, -0.2) is 0 Å². The van der Waals surface area contributed by atoms with Crippen LogP contribution >= 0.6 is 7.14 Å². The summed E-state index contributed by atoms with van der Waals surface area (Å²) in [6.45, 7) is 5.49. The largest absolute Gasteiger partial charge is 0.496 e. The summed E-state index contributed by atoms with van der Waals surface area (Å²) in [5.74, 6) is 0.731. The summed E-state index contributed by atoms with van der Waals surface area (Å²) in [5, 5.41) is 0. The van der Waals surface area contributed by atoms with Crippen molar-refractivity contribution in [1.82, 2.24) is 0 Å². The molecule has 0 saturated carbocycles. The van der Waals surface area contributed by atoms with Crippen molar-refractivity contribution in [1.29, 1.82) is 0 Å². The maximum atomic E-state index is 14.1. The van der Waals surface area contributed by atoms with Gasteiger partial charge in [-0.15, -0.1) is 0 Å². The maximum Gasteiger partial charge on any atom is 0.236 e. The first-order chi connectivity index (χ1) is 14.2. The van der Waals surface area contributed by atoms with Gasteiger partial charge in [0.15, 0.2) is 0 Å². The van der Waals surface area contributed by atoms with Crippen LogP contribution in [0.15, 0.2) is 30.3 Å². The predicted molar refractivity (Wildman–Crippen MR) is 118 cm³/mol. The molecule has 0 spiro atoms. The van der Waals surface area contributed by atoms with E-state index in [2.05, 4.69) is 0 Å². The molecule has 2 aromatic rings. The fraction of sp³-hybridized carbons (Fsp3) is 0.391. The van der Waals surface area contributed by atoms with Crippen LogP contribution in [0.25, 0.3) is 0 Å². The molecule has 2 rings (SSSR count). The minimum atomic E-state index is -4.00. The van der Waals surface area contributed by atoms with Crippen LogP contribution in [0.5, 0.6) is 17.2 Å². The molecular weight excluding hydrogens is 403 g/mol. The molecule has 0 saturated heterocycles. The highest BCUT2D eigenvalue weighted by Crippen LogP contribution is 2.56. The van der Waals surface area contributed by atoms with Gasteiger partial charge < -0.3 is 18.8 Å². The van der Waals surface area contributed by atoms with Crippen molar-refractivity contribution in [2.24, 2.45) is 0 Å². The van der Waals surface area contributed by atoms with Crippen molar-refractivity contribution in [3.63, 3.8) is 0 Å². The number of benzene rings is 2. The van der Waals surface area contributed by atoms with E-state index in [4.69, 9.17) is 14.2 Å². The average Bonchev–Trinajstić information content (AvgIpc) is 2.75. The van der Waals surface area contributed by atoms with Crippen LogP contribution in [0, 0.1) is 13.8 Å². The number of carbonyl (C=O) groups is 2. The Hall–Kier alpha value is -2.59. The molecule has 0 N–H and O–H groups in total. The van der Waals surface area contributed by atoms with Crippen molar-refractivity contribution in [3.05, 3.63) is 52.6 Å². The summed E-state index contributed by atoms with van der Waals surface area (Å²) in [6, 6.07) is 8.43. The van der Waals surface area contributed by atoms with Gasteiger partial charge in [-0.05, 0) is 31.4 Å². The zero-order valence-electron chi connectivity index (χ0n) is 18.4. The molecule has 0 amide bonds. The first-order valence-electron chi connectivity index (χ1n) is 9.80. The number of hydrogen-bond donors (Lipinski definition) is 0. The molecule has 162 valence electrons. The van der Waals surface area contributed by atoms with E-state index in [0.717, 1.165) is 0 Å². The standard InChI is InChI=1S/C23H29O6P/c1-7-8-12-30(26,22(24)20-15(2)10-9-11-16(20)3)23(25)21-18(28-5)13-17(27-4)14-19(21)29-6/h9-11,13-14H,7-8,12H2,1-6H3. The third-order valence-electron chi connectivity index (χ3n) is 5.11. The number of carbonyl (C=O) groups excluding carboxylic acids is 2. The van der Waals surface area contributed by atoms with Crippen molar-refractivity contribution in [3.8, 4) is 17.2 Å². The number of methoxy groups -OCH3 is 3. The zero-order chi connectivity index (χ0) is 22.5. The fourth-order valence-electron chi connectivity index (χ4n) is 3.41. The SMILES string of the molecule is CCCCP(=O)(C(=O)c1c(C)cccc1C)C(=O)c1c(OC)cc(OC)cc1OC. The number of hydrogen-bond acceptors (Lipinski definition) is 6. The molecule has 30 heavy (non-hydrogen) atoms. The number of ether oxygens (including phenoxy) is 3. The van der Waals surface area contributed by atoms with E-state index in [0.29, 0.717) is 35.3 Å². The second-order valence-electron chi connectivity index (χ2n) is 7.10. The van der Waals surface area contributed by atoms with Gasteiger partial charge in [-0.3, -0.25) is 9.59 Å². The van der Waals surface area contributed by atoms with Crippen LogP contribution in [-0.2, 0) is 4.57 Å². The minimum Gasteiger partial charge on any atom is -0.496 e. The zero-order valence-corrected chi connectivity index (χ0v) is 19.3. The molecule has 0 heterocycles. The second-order valence-corrected chi connectivity index (χ2v) is 9.84. The van der Waals surface area contributed by atoms with Gasteiger partial charge in [0, 0.05) is 23.9 Å². The summed E-state index contributed by atoms with van der Waals surface area (Å²) in [5.41, 5.74) is 0.365. The third kappa shape index (κ3) is 4.44. The van der Waals surface area contributed by atoms with E-state index in [1.54, 1.807) is 26.0 Å². The molecule has 0 radical (unpaired) electrons. The Bertz CT molecular complexity index is 950. The highest BCUT2D eigenvalue weighted by atomic mass is 31.2. The first-order valence-corrected chi connectivity index (χ1v) is 11.7. The predicted octanol–water partition coefficient (Wildman–Crippen LogP) is 5.47. The quantitative estimate of drug-likeness (QED) is 0.463. The van der Waals surface area contributed by atoms with E-state index >= 15 is 0 Å². The van der Waals surface area contributed by atoms with Gasteiger partial charge in [-0.1, -0.05) is 31.5 Å². The molecule has 7 heteroatoms. The molecule has 0 aliphatic heterocycles. The summed E-state index contributed by atoms with van der Waals surface area (Å²) in [6.07, 6.45) is 1.18. The third-order valence-corrected chi connectivity index (χ3v) is 7.81. The number of aryl methyl sites for hydroxylation is 2. The Morgan fingerprint density at radius 2 is 1.37 bits per heavy atom. The summed E-state index contributed by atoms with van der Waals surface area (Å²) in [7, 11) is 0.277. The molecule has 0 fully saturated rings. The molecule has 0 bridgehead atoms. The van der Waals surface area contributed by atoms with E-state index in [9.17, 15) is 14.2 Å². The van der Waals surface area contributed by atoms with E-state index in [1.165, 1.54) is 33.5 Å². The topological polar surface area (TPSA) is 78.9 Å². The number of rotatable bonds is 10. The minimum absolute atomic E-state index is 0.000163. The lowest BCUT2D eigenvalue weighted by Gasteiger charge is -2.21. The molecule has 6 nitrogen and oxygen atoms in total. The highest BCUT2D eigenvalue weighted by molar-refractivity contribution is 7.95. The monoisotopic (exact) mass is 432 g/mol. The van der Waals surface area contributed by atoms with Gasteiger partial charge in [0.1, 0.15) is 22.8 Å². The van der Waals surface area contributed by atoms with Gasteiger partial charge in [0.2, 0.25) is 18.2 Å². The molecule has 0 aliphatic carbocycles. The van der Waals surface area contributed by atoms with Gasteiger partial charge in [-0.2, -0.15) is 0 Å². The van der Waals surface area contributed by atoms with Crippen molar-refractivity contribution in [2.75, 3.05) is 27.5 Å². The molecule has 1 atom stereocenters. The van der Waals surface area contributed by atoms with Crippen LogP contribution < -0.4 is 14.2 Å². The molecule has 0 aliphatic rings. The van der Waals surface area contributed by atoms with Gasteiger partial charge >= 0.3 is 0 Å². The summed E-state index contributed by atoms with van der Waals surface area (Å²) in [4.78, 5) is 27.2. The summed E-state index contributed by atoms with van der Waals surface area (Å²) >= 11 is 0. The number of unbranched alkanes of at least 4 members (excludes halogenated alkanes) is 1. The van der Waals surface area contributed by atoms with Crippen LogP contribution in [0.1, 0.15) is 51.6 Å². The second kappa shape index (κ2) is 9.94. The Balaban J connectivity index is 2.72. The van der Waals surface area contributed by atoms with Crippen LogP contribution in [-0.4, -0.2) is 38.5 Å². The Kier molecular flexibility index (Phi) is 7.85. The lowest BCUT2D eigenvalue weighted by Crippen LogP contribution is -2.17. The molecule has 2 aromatic carbocycles. The smallest absolute Gasteiger partial charge is 0.236 e. The van der Waals surface area contributed by atoms with Gasteiger partial charge in [0.25, 0.3) is 0 Å². The van der Waals surface area contributed by atoms with Crippen molar-refractivity contribution < 1.29 is 28.4 Å². The van der Waals surface area contributed by atoms with Gasteiger partial charge in [0.05, 0.1) is 21.3 Å². The molecule has 0 aromatic heterocycles. The lowest BCUT2D eigenvalue weighted by molar-refractivity contribution is 0.103. The summed E-state index contributed by atoms with van der Waals surface area (Å²) < 4.78 is 30.1. The van der Waals surface area contributed by atoms with Crippen LogP contribution in [0.2, 0.25) is 0 Å². The fourth-order valence-corrected chi connectivity index (χ4v) is 6.05. The maximum absolute atomic E-state index is 14.1. The van der Waals surface area contributed by atoms with E-state index < -0.39 is 18.2 Å². The lowest BCUT2D eigenvalue weighted by atomic mass is 10.0. The Labute approximate surface area is 177 Å². The molecule has 1 unspecified atom stereocenters. The Morgan fingerprint density at radius 3 is 1.80 bits per heavy atom. The average molecular weight is 432 g/mol. The van der Waals surface area contributed by atoms with E-state index in [-0.39, 0.29) is 23.2 Å². The van der Waals surface area contributed by atoms with Crippen LogP contribution in [0.3, 0.4) is 0 Å². The van der Waals surface area contributed by atoms with E-state index in [1.807, 2.05) is 13.0 Å². The van der Waals surface area contributed by atoms with Crippen molar-refractivity contribution in [2.45, 2.75) is 33.6 Å². The molecular formula is C23H29O6P. The normalized spacial score (nSPS) is 12.7. The highest BCUT2D eigenvalue weighted by Gasteiger charge is 2.43. The van der Waals surface area contributed by atoms with Crippen molar-refractivity contribution >= 4 is 18.2 Å². The first kappa shape index (κ1) is 23.7.